The summed E-state index contributed by atoms with van der Waals surface area (Å²) in [5.41, 5.74) is 1.16. The van der Waals surface area contributed by atoms with Crippen LogP contribution in [-0.4, -0.2) is 29.0 Å². The number of aromatic nitrogens is 1. The van der Waals surface area contributed by atoms with E-state index >= 15 is 0 Å². The van der Waals surface area contributed by atoms with Crippen molar-refractivity contribution in [1.29, 1.82) is 0 Å². The third-order valence-corrected chi connectivity index (χ3v) is 5.55. The van der Waals surface area contributed by atoms with Gasteiger partial charge >= 0.3 is 0 Å². The van der Waals surface area contributed by atoms with Crippen LogP contribution in [0, 0.1) is 5.92 Å². The number of nitrogens with zero attached hydrogens (tertiary/aromatic N) is 2. The molecule has 0 aliphatic carbocycles. The topological polar surface area (TPSA) is 28.2 Å². The predicted molar refractivity (Wildman–Crippen MR) is 93.3 cm³/mol. The number of pyridine rings is 1. The van der Waals surface area contributed by atoms with E-state index in [-0.39, 0.29) is 0 Å². The Labute approximate surface area is 141 Å². The summed E-state index contributed by atoms with van der Waals surface area (Å²) in [4.78, 5) is 8.25. The highest BCUT2D eigenvalue weighted by molar-refractivity contribution is 7.10. The highest BCUT2D eigenvalue weighted by Crippen LogP contribution is 2.22. The van der Waals surface area contributed by atoms with Crippen LogP contribution in [0.15, 0.2) is 35.8 Å². The smallest absolute Gasteiger partial charge is 0.0543 e. The highest BCUT2D eigenvalue weighted by Gasteiger charge is 2.25. The van der Waals surface area contributed by atoms with Crippen LogP contribution in [0.1, 0.15) is 23.9 Å². The van der Waals surface area contributed by atoms with Crippen LogP contribution in [0.4, 0.5) is 0 Å². The Hall–Kier alpha value is -0.940. The van der Waals surface area contributed by atoms with E-state index in [1.807, 2.05) is 17.6 Å². The molecule has 3 heterocycles. The van der Waals surface area contributed by atoms with Crippen LogP contribution < -0.4 is 5.32 Å². The standard InChI is InChI=1S/C17H22ClN3S/c1-13-10-21(11-15-4-2-3-6-19-15)7-5-17(13)20-9-16-8-14(18)12-22-16/h2-4,6,8,12-13,17,20H,5,7,9-11H2,1H3/t13-,17-/m1/s1. The van der Waals surface area contributed by atoms with Gasteiger partial charge in [0.1, 0.15) is 0 Å². The second kappa shape index (κ2) is 7.55. The summed E-state index contributed by atoms with van der Waals surface area (Å²) in [5, 5.41) is 6.54. The molecule has 0 radical (unpaired) electrons. The van der Waals surface area contributed by atoms with Gasteiger partial charge in [-0.05, 0) is 30.5 Å². The van der Waals surface area contributed by atoms with Crippen LogP contribution in [0.5, 0.6) is 0 Å². The monoisotopic (exact) mass is 335 g/mol. The quantitative estimate of drug-likeness (QED) is 0.901. The van der Waals surface area contributed by atoms with Gasteiger partial charge in [0.15, 0.2) is 0 Å². The molecule has 0 spiro atoms. The van der Waals surface area contributed by atoms with Gasteiger partial charge in [0.05, 0.1) is 10.7 Å². The zero-order chi connectivity index (χ0) is 15.4. The van der Waals surface area contributed by atoms with Gasteiger partial charge in [-0.15, -0.1) is 11.3 Å². The largest absolute Gasteiger partial charge is 0.309 e. The Morgan fingerprint density at radius 3 is 3.05 bits per heavy atom. The fourth-order valence-corrected chi connectivity index (χ4v) is 4.10. The molecular weight excluding hydrogens is 314 g/mol. The Morgan fingerprint density at radius 1 is 1.45 bits per heavy atom. The van der Waals surface area contributed by atoms with Crippen molar-refractivity contribution in [2.45, 2.75) is 32.5 Å². The van der Waals surface area contributed by atoms with Crippen LogP contribution in [-0.2, 0) is 13.1 Å². The van der Waals surface area contributed by atoms with Crippen LogP contribution in [0.25, 0.3) is 0 Å². The highest BCUT2D eigenvalue weighted by atomic mass is 35.5. The van der Waals surface area contributed by atoms with Gasteiger partial charge in [-0.1, -0.05) is 24.6 Å². The fraction of sp³-hybridized carbons (Fsp3) is 0.471. The molecule has 2 aromatic heterocycles. The van der Waals surface area contributed by atoms with E-state index in [4.69, 9.17) is 11.6 Å². The van der Waals surface area contributed by atoms with Gasteiger partial charge < -0.3 is 5.32 Å². The van der Waals surface area contributed by atoms with Crippen molar-refractivity contribution in [2.24, 2.45) is 5.92 Å². The second-order valence-corrected chi connectivity index (χ2v) is 7.47. The summed E-state index contributed by atoms with van der Waals surface area (Å²) in [6.07, 6.45) is 3.06. The molecule has 2 atom stereocenters. The lowest BCUT2D eigenvalue weighted by Crippen LogP contribution is -2.47. The molecule has 2 aromatic rings. The molecule has 0 bridgehead atoms. The Kier molecular flexibility index (Phi) is 5.47. The van der Waals surface area contributed by atoms with E-state index in [9.17, 15) is 0 Å². The summed E-state index contributed by atoms with van der Waals surface area (Å²) in [6.45, 7) is 6.47. The minimum absolute atomic E-state index is 0.584. The molecular formula is C17H22ClN3S. The van der Waals surface area contributed by atoms with Crippen molar-refractivity contribution in [1.82, 2.24) is 15.2 Å². The maximum atomic E-state index is 5.98. The first-order chi connectivity index (χ1) is 10.7. The van der Waals surface area contributed by atoms with E-state index in [2.05, 4.69) is 40.3 Å². The van der Waals surface area contributed by atoms with Gasteiger partial charge in [-0.25, -0.2) is 0 Å². The minimum atomic E-state index is 0.584. The summed E-state index contributed by atoms with van der Waals surface area (Å²) in [5.74, 6) is 0.646. The number of piperidine rings is 1. The first kappa shape index (κ1) is 15.9. The third-order valence-electron chi connectivity index (χ3n) is 4.26. The molecule has 1 aliphatic heterocycles. The van der Waals surface area contributed by atoms with Crippen LogP contribution in [0.2, 0.25) is 5.02 Å². The van der Waals surface area contributed by atoms with Crippen molar-refractivity contribution in [3.63, 3.8) is 0 Å². The van der Waals surface area contributed by atoms with E-state index in [0.717, 1.165) is 36.9 Å². The number of hydrogen-bond acceptors (Lipinski definition) is 4. The summed E-state index contributed by atoms with van der Waals surface area (Å²) in [7, 11) is 0. The molecule has 5 heteroatoms. The number of thiophene rings is 1. The fourth-order valence-electron chi connectivity index (χ4n) is 3.08. The normalized spacial score (nSPS) is 22.8. The minimum Gasteiger partial charge on any atom is -0.309 e. The molecule has 118 valence electrons. The lowest BCUT2D eigenvalue weighted by atomic mass is 9.93. The molecule has 22 heavy (non-hydrogen) atoms. The Bertz CT molecular complexity index is 587. The van der Waals surface area contributed by atoms with Gasteiger partial charge in [0.25, 0.3) is 0 Å². The SMILES string of the molecule is C[C@@H]1CN(Cc2ccccn2)CC[C@H]1NCc1cc(Cl)cs1. The van der Waals surface area contributed by atoms with E-state index in [1.54, 1.807) is 11.3 Å². The molecule has 0 unspecified atom stereocenters. The zero-order valence-electron chi connectivity index (χ0n) is 12.8. The van der Waals surface area contributed by atoms with Gasteiger partial charge in [0, 0.05) is 48.7 Å². The molecule has 0 amide bonds. The summed E-state index contributed by atoms with van der Waals surface area (Å²) >= 11 is 7.71. The van der Waals surface area contributed by atoms with E-state index in [0.29, 0.717) is 12.0 Å². The van der Waals surface area contributed by atoms with Crippen LogP contribution >= 0.6 is 22.9 Å². The van der Waals surface area contributed by atoms with Crippen molar-refractivity contribution in [2.75, 3.05) is 13.1 Å². The van der Waals surface area contributed by atoms with Gasteiger partial charge in [0.2, 0.25) is 0 Å². The molecule has 0 saturated carbocycles. The van der Waals surface area contributed by atoms with Crippen molar-refractivity contribution in [3.05, 3.63) is 51.4 Å². The summed E-state index contributed by atoms with van der Waals surface area (Å²) < 4.78 is 0. The molecule has 3 nitrogen and oxygen atoms in total. The molecule has 1 saturated heterocycles. The summed E-state index contributed by atoms with van der Waals surface area (Å²) in [6, 6.07) is 8.78. The first-order valence-corrected chi connectivity index (χ1v) is 9.05. The predicted octanol–water partition coefficient (Wildman–Crippen LogP) is 3.80. The van der Waals surface area contributed by atoms with Crippen molar-refractivity contribution < 1.29 is 0 Å². The number of halogens is 1. The average molecular weight is 336 g/mol. The number of nitrogens with one attached hydrogen (secondary N) is 1. The average Bonchev–Trinajstić information content (AvgIpc) is 2.93. The van der Waals surface area contributed by atoms with Gasteiger partial charge in [-0.2, -0.15) is 0 Å². The van der Waals surface area contributed by atoms with Crippen molar-refractivity contribution in [3.8, 4) is 0 Å². The second-order valence-electron chi connectivity index (χ2n) is 6.04. The maximum Gasteiger partial charge on any atom is 0.0543 e. The van der Waals surface area contributed by atoms with Gasteiger partial charge in [-0.3, -0.25) is 9.88 Å². The Balaban J connectivity index is 1.47. The number of hydrogen-bond donors (Lipinski definition) is 1. The lowest BCUT2D eigenvalue weighted by Gasteiger charge is -2.37. The third kappa shape index (κ3) is 4.29. The lowest BCUT2D eigenvalue weighted by molar-refractivity contribution is 0.139. The molecule has 1 aliphatic rings. The molecule has 3 rings (SSSR count). The van der Waals surface area contributed by atoms with Crippen molar-refractivity contribution >= 4 is 22.9 Å². The first-order valence-electron chi connectivity index (χ1n) is 7.79. The Morgan fingerprint density at radius 2 is 2.36 bits per heavy atom. The number of likely N-dealkylation sites (tertiary alicyclic amines) is 1. The van der Waals surface area contributed by atoms with Crippen LogP contribution in [0.3, 0.4) is 0 Å². The van der Waals surface area contributed by atoms with E-state index < -0.39 is 0 Å². The van der Waals surface area contributed by atoms with E-state index in [1.165, 1.54) is 11.3 Å². The number of rotatable bonds is 5. The molecule has 0 aromatic carbocycles. The zero-order valence-corrected chi connectivity index (χ0v) is 14.4. The maximum absolute atomic E-state index is 5.98. The molecule has 1 N–H and O–H groups in total. The molecule has 1 fully saturated rings.